The number of H-pyrrole nitrogens is 1. The number of para-hydroxylation sites is 1. The molecule has 8 heteroatoms. The van der Waals surface area contributed by atoms with Gasteiger partial charge in [-0.3, -0.25) is 9.59 Å². The van der Waals surface area contributed by atoms with E-state index in [2.05, 4.69) is 16.0 Å². The summed E-state index contributed by atoms with van der Waals surface area (Å²) in [6, 6.07) is 15.9. The number of hydrogen-bond donors (Lipinski definition) is 2. The SMILES string of the molecule is COC(=O)CCCc1ccc(-c2cnc3[nH]cc(-c4ccccc4OC)c3c2)cc1C(=O)N1CC[C@@H](N)C1. The molecule has 38 heavy (non-hydrogen) atoms. The van der Waals surface area contributed by atoms with E-state index in [4.69, 9.17) is 15.2 Å². The molecule has 0 spiro atoms. The lowest BCUT2D eigenvalue weighted by molar-refractivity contribution is -0.140. The van der Waals surface area contributed by atoms with Gasteiger partial charge in [0, 0.05) is 65.6 Å². The summed E-state index contributed by atoms with van der Waals surface area (Å²) in [5, 5.41) is 0.965. The van der Waals surface area contributed by atoms with Gasteiger partial charge in [0.2, 0.25) is 0 Å². The second kappa shape index (κ2) is 11.1. The van der Waals surface area contributed by atoms with E-state index in [1.807, 2.05) is 59.8 Å². The number of aromatic nitrogens is 2. The molecule has 2 aromatic heterocycles. The van der Waals surface area contributed by atoms with Gasteiger partial charge in [-0.25, -0.2) is 4.98 Å². The van der Waals surface area contributed by atoms with E-state index in [0.29, 0.717) is 37.9 Å². The average Bonchev–Trinajstić information content (AvgIpc) is 3.58. The van der Waals surface area contributed by atoms with Crippen LogP contribution in [0.4, 0.5) is 0 Å². The lowest BCUT2D eigenvalue weighted by atomic mass is 9.95. The first kappa shape index (κ1) is 25.5. The number of pyridine rings is 1. The third-order valence-corrected chi connectivity index (χ3v) is 7.17. The molecule has 2 aromatic carbocycles. The first-order valence-electron chi connectivity index (χ1n) is 12.8. The average molecular weight is 513 g/mol. The van der Waals surface area contributed by atoms with E-state index in [1.54, 1.807) is 7.11 Å². The van der Waals surface area contributed by atoms with Crippen molar-refractivity contribution in [3.8, 4) is 28.0 Å². The van der Waals surface area contributed by atoms with Gasteiger partial charge < -0.3 is 25.1 Å². The van der Waals surface area contributed by atoms with Gasteiger partial charge in [-0.05, 0) is 48.6 Å². The maximum Gasteiger partial charge on any atom is 0.305 e. The minimum absolute atomic E-state index is 0.00139. The van der Waals surface area contributed by atoms with Crippen molar-refractivity contribution in [2.75, 3.05) is 27.3 Å². The van der Waals surface area contributed by atoms with Crippen LogP contribution in [-0.4, -0.2) is 60.1 Å². The second-order valence-electron chi connectivity index (χ2n) is 9.62. The Hall–Kier alpha value is -4.17. The summed E-state index contributed by atoms with van der Waals surface area (Å²) in [4.78, 5) is 34.9. The molecule has 0 saturated carbocycles. The highest BCUT2D eigenvalue weighted by atomic mass is 16.5. The predicted octanol–water partition coefficient (Wildman–Crippen LogP) is 4.57. The van der Waals surface area contributed by atoms with Crippen molar-refractivity contribution in [1.29, 1.82) is 0 Å². The van der Waals surface area contributed by atoms with Gasteiger partial charge in [-0.15, -0.1) is 0 Å². The Morgan fingerprint density at radius 1 is 1.11 bits per heavy atom. The normalized spacial score (nSPS) is 15.1. The first-order chi connectivity index (χ1) is 18.5. The fraction of sp³-hybridized carbons (Fsp3) is 0.300. The molecule has 5 rings (SSSR count). The zero-order valence-electron chi connectivity index (χ0n) is 21.7. The van der Waals surface area contributed by atoms with Crippen LogP contribution in [0.5, 0.6) is 5.75 Å². The number of likely N-dealkylation sites (tertiary alicyclic amines) is 1. The van der Waals surface area contributed by atoms with Crippen LogP contribution in [0.25, 0.3) is 33.3 Å². The summed E-state index contributed by atoms with van der Waals surface area (Å²) < 4.78 is 10.4. The number of carbonyl (C=O) groups excluding carboxylic acids is 2. The molecule has 1 atom stereocenters. The second-order valence-corrected chi connectivity index (χ2v) is 9.62. The Morgan fingerprint density at radius 2 is 1.95 bits per heavy atom. The number of carbonyl (C=O) groups is 2. The summed E-state index contributed by atoms with van der Waals surface area (Å²) in [7, 11) is 3.05. The molecule has 3 heterocycles. The van der Waals surface area contributed by atoms with E-state index in [1.165, 1.54) is 7.11 Å². The summed E-state index contributed by atoms with van der Waals surface area (Å²) in [6.45, 7) is 1.19. The standard InChI is InChI=1S/C30H32N4O4/c1-37-27-8-4-3-7-23(27)26-17-33-29-25(26)15-21(16-32-29)20-11-10-19(6-5-9-28(35)38-2)24(14-20)30(36)34-13-12-22(31)18-34/h3-4,7-8,10-11,14-17,22H,5-6,9,12-13,18,31H2,1-2H3,(H,32,33)/t22-/m1/s1. The van der Waals surface area contributed by atoms with Crippen molar-refractivity contribution in [2.45, 2.75) is 31.7 Å². The van der Waals surface area contributed by atoms with Gasteiger partial charge in [-0.2, -0.15) is 0 Å². The smallest absolute Gasteiger partial charge is 0.305 e. The van der Waals surface area contributed by atoms with Crippen LogP contribution < -0.4 is 10.5 Å². The van der Waals surface area contributed by atoms with Gasteiger partial charge in [0.25, 0.3) is 5.91 Å². The number of amides is 1. The molecular formula is C30H32N4O4. The predicted molar refractivity (Wildman–Crippen MR) is 147 cm³/mol. The van der Waals surface area contributed by atoms with Crippen molar-refractivity contribution in [2.24, 2.45) is 5.73 Å². The Labute approximate surface area is 221 Å². The highest BCUT2D eigenvalue weighted by Gasteiger charge is 2.26. The van der Waals surface area contributed by atoms with E-state index in [0.717, 1.165) is 51.0 Å². The van der Waals surface area contributed by atoms with Crippen molar-refractivity contribution in [3.63, 3.8) is 0 Å². The number of aryl methyl sites for hydroxylation is 1. The van der Waals surface area contributed by atoms with Crippen LogP contribution in [0.3, 0.4) is 0 Å². The number of nitrogens with one attached hydrogen (secondary N) is 1. The van der Waals surface area contributed by atoms with Crippen LogP contribution in [0, 0.1) is 0 Å². The van der Waals surface area contributed by atoms with E-state index >= 15 is 0 Å². The molecule has 1 fully saturated rings. The third-order valence-electron chi connectivity index (χ3n) is 7.17. The minimum atomic E-state index is -0.253. The molecular weight excluding hydrogens is 480 g/mol. The largest absolute Gasteiger partial charge is 0.496 e. The lowest BCUT2D eigenvalue weighted by Gasteiger charge is -2.19. The zero-order chi connectivity index (χ0) is 26.6. The maximum atomic E-state index is 13.6. The topological polar surface area (TPSA) is 111 Å². The van der Waals surface area contributed by atoms with Crippen molar-refractivity contribution < 1.29 is 19.1 Å². The number of fused-ring (bicyclic) bond motifs is 1. The number of benzene rings is 2. The molecule has 4 aromatic rings. The molecule has 8 nitrogen and oxygen atoms in total. The first-order valence-corrected chi connectivity index (χ1v) is 12.8. The van der Waals surface area contributed by atoms with Gasteiger partial charge >= 0.3 is 5.97 Å². The lowest BCUT2D eigenvalue weighted by Crippen LogP contribution is -2.32. The number of aromatic amines is 1. The van der Waals surface area contributed by atoms with Crippen molar-refractivity contribution in [1.82, 2.24) is 14.9 Å². The van der Waals surface area contributed by atoms with Crippen LogP contribution in [0.15, 0.2) is 60.9 Å². The Bertz CT molecular complexity index is 1480. The maximum absolute atomic E-state index is 13.6. The van der Waals surface area contributed by atoms with E-state index in [-0.39, 0.29) is 17.9 Å². The number of esters is 1. The summed E-state index contributed by atoms with van der Waals surface area (Å²) >= 11 is 0. The van der Waals surface area contributed by atoms with E-state index in [9.17, 15) is 9.59 Å². The Kier molecular flexibility index (Phi) is 7.42. The quantitative estimate of drug-likeness (QED) is 0.335. The molecule has 1 aliphatic heterocycles. The molecule has 0 radical (unpaired) electrons. The van der Waals surface area contributed by atoms with Crippen LogP contribution in [0.1, 0.15) is 35.2 Å². The van der Waals surface area contributed by atoms with Crippen LogP contribution in [-0.2, 0) is 16.0 Å². The summed E-state index contributed by atoms with van der Waals surface area (Å²) in [5.74, 6) is 0.502. The van der Waals surface area contributed by atoms with Crippen LogP contribution >= 0.6 is 0 Å². The number of nitrogens with two attached hydrogens (primary N) is 1. The number of rotatable bonds is 8. The molecule has 0 unspecified atom stereocenters. The molecule has 1 saturated heterocycles. The summed E-state index contributed by atoms with van der Waals surface area (Å²) in [5.41, 5.74) is 12.2. The van der Waals surface area contributed by atoms with Crippen molar-refractivity contribution >= 4 is 22.9 Å². The van der Waals surface area contributed by atoms with Gasteiger partial charge in [0.15, 0.2) is 0 Å². The van der Waals surface area contributed by atoms with Crippen LogP contribution in [0.2, 0.25) is 0 Å². The number of ether oxygens (including phenoxy) is 2. The molecule has 1 aliphatic rings. The van der Waals surface area contributed by atoms with Crippen molar-refractivity contribution in [3.05, 3.63) is 72.1 Å². The fourth-order valence-corrected chi connectivity index (χ4v) is 5.09. The highest BCUT2D eigenvalue weighted by Crippen LogP contribution is 2.36. The molecule has 196 valence electrons. The molecule has 1 amide bonds. The molecule has 3 N–H and O–H groups in total. The van der Waals surface area contributed by atoms with Gasteiger partial charge in [0.1, 0.15) is 11.4 Å². The van der Waals surface area contributed by atoms with Gasteiger partial charge in [-0.1, -0.05) is 30.3 Å². The summed E-state index contributed by atoms with van der Waals surface area (Å²) in [6.07, 6.45) is 6.06. The minimum Gasteiger partial charge on any atom is -0.496 e. The number of hydrogen-bond acceptors (Lipinski definition) is 6. The fourth-order valence-electron chi connectivity index (χ4n) is 5.09. The molecule has 0 bridgehead atoms. The Morgan fingerprint density at radius 3 is 2.71 bits per heavy atom. The third kappa shape index (κ3) is 5.13. The number of methoxy groups -OCH3 is 2. The monoisotopic (exact) mass is 512 g/mol. The zero-order valence-corrected chi connectivity index (χ0v) is 21.7. The van der Waals surface area contributed by atoms with Gasteiger partial charge in [0.05, 0.1) is 14.2 Å². The van der Waals surface area contributed by atoms with E-state index < -0.39 is 0 Å². The highest BCUT2D eigenvalue weighted by molar-refractivity contribution is 5.99. The Balaban J connectivity index is 1.52. The molecule has 0 aliphatic carbocycles. The number of nitrogens with zero attached hydrogens (tertiary/aromatic N) is 2.